The van der Waals surface area contributed by atoms with Crippen molar-refractivity contribution >= 4 is 23.0 Å². The van der Waals surface area contributed by atoms with Crippen LogP contribution < -0.4 is 10.6 Å². The third-order valence-corrected chi connectivity index (χ3v) is 2.31. The number of hydrogen-bond acceptors (Lipinski definition) is 2. The standard InChI is InChI=1S/C11H13F3N2OS/c1-17-7-6-15-10(18)16-9-4-2-8(3-5-9)11(12,13)14/h2-5H,6-7H2,1H3,(H2,15,16,18). The molecule has 0 saturated heterocycles. The number of rotatable bonds is 4. The minimum Gasteiger partial charge on any atom is -0.383 e. The zero-order chi connectivity index (χ0) is 13.6. The lowest BCUT2D eigenvalue weighted by atomic mass is 10.2. The second kappa shape index (κ2) is 6.55. The molecule has 1 rings (SSSR count). The van der Waals surface area contributed by atoms with Gasteiger partial charge in [-0.1, -0.05) is 0 Å². The number of thiocarbonyl (C=S) groups is 1. The number of methoxy groups -OCH3 is 1. The molecule has 0 heterocycles. The van der Waals surface area contributed by atoms with Crippen LogP contribution in [0.4, 0.5) is 18.9 Å². The highest BCUT2D eigenvalue weighted by Gasteiger charge is 2.29. The largest absolute Gasteiger partial charge is 0.416 e. The highest BCUT2D eigenvalue weighted by atomic mass is 32.1. The van der Waals surface area contributed by atoms with E-state index in [1.807, 2.05) is 0 Å². The minimum absolute atomic E-state index is 0.340. The van der Waals surface area contributed by atoms with Crippen molar-refractivity contribution in [3.63, 3.8) is 0 Å². The second-order valence-corrected chi connectivity index (χ2v) is 3.86. The van der Waals surface area contributed by atoms with Gasteiger partial charge in [-0.05, 0) is 36.5 Å². The molecule has 0 aromatic heterocycles. The summed E-state index contributed by atoms with van der Waals surface area (Å²) in [5.41, 5.74) is -0.191. The van der Waals surface area contributed by atoms with Gasteiger partial charge in [0.1, 0.15) is 0 Å². The fourth-order valence-electron chi connectivity index (χ4n) is 1.18. The van der Waals surface area contributed by atoms with E-state index in [1.54, 1.807) is 7.11 Å². The number of nitrogens with one attached hydrogen (secondary N) is 2. The summed E-state index contributed by atoms with van der Waals surface area (Å²) in [6.45, 7) is 1.03. The Balaban J connectivity index is 2.51. The van der Waals surface area contributed by atoms with E-state index < -0.39 is 11.7 Å². The van der Waals surface area contributed by atoms with Crippen molar-refractivity contribution in [2.75, 3.05) is 25.6 Å². The highest BCUT2D eigenvalue weighted by molar-refractivity contribution is 7.80. The van der Waals surface area contributed by atoms with Crippen LogP contribution in [0.2, 0.25) is 0 Å². The van der Waals surface area contributed by atoms with E-state index in [2.05, 4.69) is 10.6 Å². The van der Waals surface area contributed by atoms with Crippen LogP contribution >= 0.6 is 12.2 Å². The first-order valence-electron chi connectivity index (χ1n) is 5.14. The molecule has 0 bridgehead atoms. The topological polar surface area (TPSA) is 33.3 Å². The molecule has 1 aromatic carbocycles. The zero-order valence-electron chi connectivity index (χ0n) is 9.67. The monoisotopic (exact) mass is 278 g/mol. The third-order valence-electron chi connectivity index (χ3n) is 2.06. The summed E-state index contributed by atoms with van der Waals surface area (Å²) in [5, 5.41) is 5.97. The smallest absolute Gasteiger partial charge is 0.383 e. The van der Waals surface area contributed by atoms with Gasteiger partial charge in [-0.2, -0.15) is 13.2 Å². The van der Waals surface area contributed by atoms with Crippen LogP contribution in [-0.2, 0) is 10.9 Å². The van der Waals surface area contributed by atoms with E-state index in [4.69, 9.17) is 17.0 Å². The molecule has 100 valence electrons. The lowest BCUT2D eigenvalue weighted by Crippen LogP contribution is -2.31. The Labute approximate surface area is 108 Å². The number of ether oxygens (including phenoxy) is 1. The second-order valence-electron chi connectivity index (χ2n) is 3.45. The lowest BCUT2D eigenvalue weighted by molar-refractivity contribution is -0.137. The van der Waals surface area contributed by atoms with Gasteiger partial charge in [0.05, 0.1) is 12.2 Å². The van der Waals surface area contributed by atoms with E-state index in [0.29, 0.717) is 24.0 Å². The van der Waals surface area contributed by atoms with Crippen LogP contribution in [0, 0.1) is 0 Å². The average Bonchev–Trinajstić information content (AvgIpc) is 2.29. The molecule has 0 atom stereocenters. The zero-order valence-corrected chi connectivity index (χ0v) is 10.5. The molecule has 0 fully saturated rings. The number of anilines is 1. The van der Waals surface area contributed by atoms with Crippen molar-refractivity contribution in [1.29, 1.82) is 0 Å². The predicted molar refractivity (Wildman–Crippen MR) is 67.5 cm³/mol. The van der Waals surface area contributed by atoms with Crippen LogP contribution in [0.15, 0.2) is 24.3 Å². The van der Waals surface area contributed by atoms with Gasteiger partial charge in [-0.25, -0.2) is 0 Å². The Morgan fingerprint density at radius 2 is 1.89 bits per heavy atom. The molecule has 2 N–H and O–H groups in total. The van der Waals surface area contributed by atoms with Gasteiger partial charge in [0.25, 0.3) is 0 Å². The summed E-state index contributed by atoms with van der Waals surface area (Å²) < 4.78 is 41.8. The molecule has 7 heteroatoms. The number of benzene rings is 1. The quantitative estimate of drug-likeness (QED) is 0.655. The first kappa shape index (κ1) is 14.7. The molecule has 0 spiro atoms. The SMILES string of the molecule is COCCNC(=S)Nc1ccc(C(F)(F)F)cc1. The van der Waals surface area contributed by atoms with E-state index in [-0.39, 0.29) is 0 Å². The molecule has 0 unspecified atom stereocenters. The number of halogens is 3. The van der Waals surface area contributed by atoms with Crippen LogP contribution in [0.25, 0.3) is 0 Å². The molecular formula is C11H13F3N2OS. The maximum atomic E-state index is 12.3. The van der Waals surface area contributed by atoms with Crippen molar-refractivity contribution in [3.8, 4) is 0 Å². The maximum Gasteiger partial charge on any atom is 0.416 e. The van der Waals surface area contributed by atoms with E-state index in [0.717, 1.165) is 12.1 Å². The fraction of sp³-hybridized carbons (Fsp3) is 0.364. The molecule has 18 heavy (non-hydrogen) atoms. The van der Waals surface area contributed by atoms with Gasteiger partial charge in [0.2, 0.25) is 0 Å². The Bertz CT molecular complexity index is 392. The number of alkyl halides is 3. The van der Waals surface area contributed by atoms with Gasteiger partial charge in [-0.15, -0.1) is 0 Å². The van der Waals surface area contributed by atoms with E-state index in [1.165, 1.54) is 12.1 Å². The van der Waals surface area contributed by atoms with Crippen molar-refractivity contribution in [2.45, 2.75) is 6.18 Å². The Morgan fingerprint density at radius 1 is 1.28 bits per heavy atom. The lowest BCUT2D eigenvalue weighted by Gasteiger charge is -2.11. The van der Waals surface area contributed by atoms with Gasteiger partial charge < -0.3 is 15.4 Å². The fourth-order valence-corrected chi connectivity index (χ4v) is 1.40. The molecule has 0 saturated carbocycles. The summed E-state index contributed by atoms with van der Waals surface area (Å²) in [6, 6.07) is 4.65. The summed E-state index contributed by atoms with van der Waals surface area (Å²) in [7, 11) is 1.56. The summed E-state index contributed by atoms with van der Waals surface area (Å²) >= 11 is 4.96. The molecule has 0 radical (unpaired) electrons. The van der Waals surface area contributed by atoms with Gasteiger partial charge in [0, 0.05) is 19.3 Å². The van der Waals surface area contributed by atoms with Gasteiger partial charge >= 0.3 is 6.18 Å². The van der Waals surface area contributed by atoms with Crippen molar-refractivity contribution in [2.24, 2.45) is 0 Å². The number of hydrogen-bond donors (Lipinski definition) is 2. The molecule has 0 amide bonds. The van der Waals surface area contributed by atoms with Crippen LogP contribution in [0.3, 0.4) is 0 Å². The van der Waals surface area contributed by atoms with Crippen molar-refractivity contribution in [1.82, 2.24) is 5.32 Å². The molecular weight excluding hydrogens is 265 g/mol. The van der Waals surface area contributed by atoms with Crippen molar-refractivity contribution < 1.29 is 17.9 Å². The maximum absolute atomic E-state index is 12.3. The van der Waals surface area contributed by atoms with Crippen LogP contribution in [0.1, 0.15) is 5.56 Å². The molecule has 0 aliphatic rings. The predicted octanol–water partition coefficient (Wildman–Crippen LogP) is 2.64. The van der Waals surface area contributed by atoms with E-state index >= 15 is 0 Å². The summed E-state index contributed by atoms with van der Waals surface area (Å²) in [4.78, 5) is 0. The summed E-state index contributed by atoms with van der Waals surface area (Å²) in [5.74, 6) is 0. The van der Waals surface area contributed by atoms with Gasteiger partial charge in [-0.3, -0.25) is 0 Å². The molecule has 0 aliphatic heterocycles. The Morgan fingerprint density at radius 3 is 2.39 bits per heavy atom. The van der Waals surface area contributed by atoms with Crippen molar-refractivity contribution in [3.05, 3.63) is 29.8 Å². The van der Waals surface area contributed by atoms with Crippen LogP contribution in [0.5, 0.6) is 0 Å². The first-order valence-corrected chi connectivity index (χ1v) is 5.55. The molecule has 0 aliphatic carbocycles. The molecule has 3 nitrogen and oxygen atoms in total. The Hall–Kier alpha value is -1.34. The van der Waals surface area contributed by atoms with Crippen LogP contribution in [-0.4, -0.2) is 25.4 Å². The molecule has 1 aromatic rings. The average molecular weight is 278 g/mol. The third kappa shape index (κ3) is 4.89. The van der Waals surface area contributed by atoms with E-state index in [9.17, 15) is 13.2 Å². The highest BCUT2D eigenvalue weighted by Crippen LogP contribution is 2.29. The summed E-state index contributed by atoms with van der Waals surface area (Å²) in [6.07, 6.45) is -4.32. The Kier molecular flexibility index (Phi) is 5.36. The first-order chi connectivity index (χ1) is 8.43. The van der Waals surface area contributed by atoms with Gasteiger partial charge in [0.15, 0.2) is 5.11 Å². The minimum atomic E-state index is -4.32. The normalized spacial score (nSPS) is 11.1.